The van der Waals surface area contributed by atoms with Gasteiger partial charge in [0.15, 0.2) is 0 Å². The fraction of sp³-hybridized carbons (Fsp3) is 0.182. The van der Waals surface area contributed by atoms with E-state index >= 15 is 0 Å². The Bertz CT molecular complexity index is 302. The van der Waals surface area contributed by atoms with Gasteiger partial charge < -0.3 is 0 Å². The fourth-order valence-corrected chi connectivity index (χ4v) is 1.87. The van der Waals surface area contributed by atoms with Crippen molar-refractivity contribution < 1.29 is 4.79 Å². The van der Waals surface area contributed by atoms with Crippen LogP contribution in [-0.4, -0.2) is 5.78 Å². The van der Waals surface area contributed by atoms with E-state index in [9.17, 15) is 4.79 Å². The summed E-state index contributed by atoms with van der Waals surface area (Å²) in [4.78, 5) is 11.3. The number of hydrogen-bond acceptors (Lipinski definition) is 1. The first-order valence-electron chi connectivity index (χ1n) is 4.02. The average molecular weight is 239 g/mol. The van der Waals surface area contributed by atoms with Crippen molar-refractivity contribution in [2.75, 3.05) is 0 Å². The first-order valence-corrected chi connectivity index (χ1v) is 4.82. The Kier molecular flexibility index (Phi) is 3.43. The Balaban J connectivity index is 3.03. The van der Waals surface area contributed by atoms with E-state index in [0.717, 1.165) is 5.56 Å². The molecule has 0 spiro atoms. The molecule has 0 aliphatic rings. The monoisotopic (exact) mass is 238 g/mol. The lowest BCUT2D eigenvalue weighted by Gasteiger charge is -2.11. The van der Waals surface area contributed by atoms with Gasteiger partial charge in [0.2, 0.25) is 0 Å². The zero-order chi connectivity index (χ0) is 9.84. The molecule has 0 fully saturated rings. The largest absolute Gasteiger partial charge is 0.299 e. The number of Topliss-reactive ketones (excluding diaryl/α,β-unsaturated/α-hetero) is 1. The summed E-state index contributed by atoms with van der Waals surface area (Å²) in [5, 5.41) is 0. The van der Waals surface area contributed by atoms with Crippen LogP contribution in [0.4, 0.5) is 0 Å². The molecule has 0 saturated heterocycles. The fourth-order valence-electron chi connectivity index (χ4n) is 1.28. The molecule has 0 aliphatic heterocycles. The molecule has 1 nitrogen and oxygen atoms in total. The van der Waals surface area contributed by atoms with Crippen LogP contribution in [0.25, 0.3) is 0 Å². The molecule has 1 aromatic rings. The van der Waals surface area contributed by atoms with Crippen molar-refractivity contribution in [3.05, 3.63) is 47.0 Å². The first kappa shape index (κ1) is 10.2. The smallest absolute Gasteiger partial charge is 0.142 e. The summed E-state index contributed by atoms with van der Waals surface area (Å²) in [7, 11) is 0. The van der Waals surface area contributed by atoms with E-state index in [1.807, 2.05) is 30.3 Å². The SMILES string of the molecule is C=C(Br)C(C(C)=O)c1ccccc1. The maximum absolute atomic E-state index is 11.3. The van der Waals surface area contributed by atoms with E-state index in [-0.39, 0.29) is 11.7 Å². The van der Waals surface area contributed by atoms with Gasteiger partial charge in [-0.05, 0) is 12.5 Å². The van der Waals surface area contributed by atoms with Crippen molar-refractivity contribution in [2.24, 2.45) is 0 Å². The van der Waals surface area contributed by atoms with Crippen molar-refractivity contribution in [3.63, 3.8) is 0 Å². The van der Waals surface area contributed by atoms with E-state index in [4.69, 9.17) is 0 Å². The van der Waals surface area contributed by atoms with Crippen LogP contribution in [0.5, 0.6) is 0 Å². The number of hydrogen-bond donors (Lipinski definition) is 0. The number of benzene rings is 1. The first-order chi connectivity index (χ1) is 6.13. The number of halogens is 1. The predicted molar refractivity (Wildman–Crippen MR) is 57.9 cm³/mol. The van der Waals surface area contributed by atoms with Gasteiger partial charge in [-0.1, -0.05) is 52.8 Å². The minimum absolute atomic E-state index is 0.105. The van der Waals surface area contributed by atoms with Crippen LogP contribution < -0.4 is 0 Å². The Hall–Kier alpha value is -0.890. The summed E-state index contributed by atoms with van der Waals surface area (Å²) >= 11 is 3.26. The molecule has 2 heteroatoms. The molecule has 0 radical (unpaired) electrons. The average Bonchev–Trinajstić information content (AvgIpc) is 2.04. The second-order valence-corrected chi connectivity index (χ2v) is 3.92. The minimum atomic E-state index is -0.221. The topological polar surface area (TPSA) is 17.1 Å². The van der Waals surface area contributed by atoms with Gasteiger partial charge in [0.1, 0.15) is 5.78 Å². The van der Waals surface area contributed by atoms with Crippen LogP contribution in [0.1, 0.15) is 18.4 Å². The zero-order valence-corrected chi connectivity index (χ0v) is 9.04. The van der Waals surface area contributed by atoms with E-state index in [1.165, 1.54) is 0 Å². The summed E-state index contributed by atoms with van der Waals surface area (Å²) in [6.45, 7) is 5.32. The second kappa shape index (κ2) is 4.38. The molecule has 0 amide bonds. The molecule has 0 aliphatic carbocycles. The Labute approximate surface area is 86.6 Å². The van der Waals surface area contributed by atoms with E-state index < -0.39 is 0 Å². The quantitative estimate of drug-likeness (QED) is 0.791. The van der Waals surface area contributed by atoms with Gasteiger partial charge in [0.25, 0.3) is 0 Å². The highest BCUT2D eigenvalue weighted by Gasteiger charge is 2.17. The number of carbonyl (C=O) groups excluding carboxylic acids is 1. The van der Waals surface area contributed by atoms with E-state index in [2.05, 4.69) is 22.5 Å². The summed E-state index contributed by atoms with van der Waals surface area (Å²) in [6.07, 6.45) is 0. The number of carbonyl (C=O) groups is 1. The number of rotatable bonds is 3. The summed E-state index contributed by atoms with van der Waals surface area (Å²) in [5.74, 6) is -0.116. The third-order valence-electron chi connectivity index (χ3n) is 1.85. The van der Waals surface area contributed by atoms with Crippen molar-refractivity contribution in [2.45, 2.75) is 12.8 Å². The molecular weight excluding hydrogens is 228 g/mol. The molecule has 0 aromatic heterocycles. The summed E-state index contributed by atoms with van der Waals surface area (Å²) in [6, 6.07) is 9.62. The molecule has 1 unspecified atom stereocenters. The maximum atomic E-state index is 11.3. The standard InChI is InChI=1S/C11H11BrO/c1-8(12)11(9(2)13)10-6-4-3-5-7-10/h3-7,11H,1H2,2H3. The lowest BCUT2D eigenvalue weighted by Crippen LogP contribution is -2.07. The van der Waals surface area contributed by atoms with Crippen LogP contribution in [-0.2, 0) is 4.79 Å². The van der Waals surface area contributed by atoms with Crippen molar-refractivity contribution in [1.29, 1.82) is 0 Å². The third-order valence-corrected chi connectivity index (χ3v) is 2.31. The van der Waals surface area contributed by atoms with Gasteiger partial charge in [0.05, 0.1) is 5.92 Å². The van der Waals surface area contributed by atoms with Gasteiger partial charge in [-0.25, -0.2) is 0 Å². The molecule has 1 aromatic carbocycles. The van der Waals surface area contributed by atoms with Crippen molar-refractivity contribution >= 4 is 21.7 Å². The van der Waals surface area contributed by atoms with Gasteiger partial charge in [0, 0.05) is 4.48 Å². The van der Waals surface area contributed by atoms with Gasteiger partial charge in [-0.3, -0.25) is 4.79 Å². The highest BCUT2D eigenvalue weighted by Crippen LogP contribution is 2.27. The maximum Gasteiger partial charge on any atom is 0.142 e. The Morgan fingerprint density at radius 3 is 2.31 bits per heavy atom. The molecule has 1 atom stereocenters. The molecule has 0 bridgehead atoms. The van der Waals surface area contributed by atoms with Crippen molar-refractivity contribution in [1.82, 2.24) is 0 Å². The summed E-state index contributed by atoms with van der Waals surface area (Å²) in [5.41, 5.74) is 0.983. The second-order valence-electron chi connectivity index (χ2n) is 2.90. The van der Waals surface area contributed by atoms with Crippen LogP contribution >= 0.6 is 15.9 Å². The normalized spacial score (nSPS) is 12.2. The lowest BCUT2D eigenvalue weighted by molar-refractivity contribution is -0.117. The van der Waals surface area contributed by atoms with Crippen LogP contribution in [0.2, 0.25) is 0 Å². The van der Waals surface area contributed by atoms with Crippen molar-refractivity contribution in [3.8, 4) is 0 Å². The van der Waals surface area contributed by atoms with Gasteiger partial charge >= 0.3 is 0 Å². The predicted octanol–water partition coefficient (Wildman–Crippen LogP) is 3.27. The Morgan fingerprint density at radius 2 is 1.92 bits per heavy atom. The highest BCUT2D eigenvalue weighted by molar-refractivity contribution is 9.11. The molecule has 1 rings (SSSR count). The number of allylic oxidation sites excluding steroid dienone is 1. The third kappa shape index (κ3) is 2.52. The van der Waals surface area contributed by atoms with Gasteiger partial charge in [-0.2, -0.15) is 0 Å². The van der Waals surface area contributed by atoms with E-state index in [0.29, 0.717) is 4.48 Å². The van der Waals surface area contributed by atoms with Crippen LogP contribution in [0.3, 0.4) is 0 Å². The van der Waals surface area contributed by atoms with Crippen LogP contribution in [0.15, 0.2) is 41.4 Å². The molecule has 0 saturated carbocycles. The molecule has 0 heterocycles. The molecule has 13 heavy (non-hydrogen) atoms. The lowest BCUT2D eigenvalue weighted by atomic mass is 9.96. The Morgan fingerprint density at radius 1 is 1.38 bits per heavy atom. The highest BCUT2D eigenvalue weighted by atomic mass is 79.9. The molecule has 68 valence electrons. The zero-order valence-electron chi connectivity index (χ0n) is 7.46. The molecular formula is C11H11BrO. The van der Waals surface area contributed by atoms with E-state index in [1.54, 1.807) is 6.92 Å². The van der Waals surface area contributed by atoms with Gasteiger partial charge in [-0.15, -0.1) is 0 Å². The number of ketones is 1. The minimum Gasteiger partial charge on any atom is -0.299 e. The molecule has 0 N–H and O–H groups in total. The van der Waals surface area contributed by atoms with Crippen LogP contribution in [0, 0.1) is 0 Å². The summed E-state index contributed by atoms with van der Waals surface area (Å²) < 4.78 is 0.714.